The van der Waals surface area contributed by atoms with Gasteiger partial charge < -0.3 is 39.5 Å². The molecule has 1 aliphatic rings. The number of hydrogen-bond donors (Lipinski definition) is 4. The Labute approximate surface area is 246 Å². The number of aromatic hydroxyl groups is 1. The topological polar surface area (TPSA) is 128 Å². The minimum absolute atomic E-state index is 0.0914. The lowest BCUT2D eigenvalue weighted by Crippen LogP contribution is -2.44. The van der Waals surface area contributed by atoms with E-state index in [-0.39, 0.29) is 30.3 Å². The van der Waals surface area contributed by atoms with Gasteiger partial charge in [-0.3, -0.25) is 4.57 Å². The first kappa shape index (κ1) is 30.6. The van der Waals surface area contributed by atoms with E-state index in [9.17, 15) is 27.7 Å². The van der Waals surface area contributed by atoms with Gasteiger partial charge in [-0.25, -0.2) is 4.98 Å². The van der Waals surface area contributed by atoms with Gasteiger partial charge in [-0.05, 0) is 43.8 Å². The Morgan fingerprint density at radius 2 is 1.74 bits per heavy atom. The Kier molecular flexibility index (Phi) is 8.57. The van der Waals surface area contributed by atoms with E-state index in [0.29, 0.717) is 28.2 Å². The zero-order valence-electron chi connectivity index (χ0n) is 23.9. The number of rotatable bonds is 9. The standard InChI is InChI=1S/C28H33F3N7O4P/c1-4-42-43(40,41)17-18-5-7-19(8-6-18)33-27-32-15-21(28(29,30)31)25(35-27)34-22-9-10-23(38-13-11-36(2)12-14-38)20-16-37(3)26(39)24(20)22/h5-10,15-16,39H,4,11-14,17H2,1-3H3,(H,40,41)(H2,32,33,34,35). The van der Waals surface area contributed by atoms with Crippen LogP contribution >= 0.6 is 7.60 Å². The molecule has 15 heteroatoms. The number of aromatic nitrogens is 3. The van der Waals surface area contributed by atoms with Gasteiger partial charge in [-0.15, -0.1) is 0 Å². The molecule has 0 amide bonds. The average molecular weight is 620 g/mol. The molecule has 2 aromatic heterocycles. The number of benzene rings is 2. The van der Waals surface area contributed by atoms with Crippen molar-refractivity contribution < 1.29 is 32.3 Å². The van der Waals surface area contributed by atoms with Crippen molar-refractivity contribution in [2.75, 3.05) is 55.4 Å². The highest BCUT2D eigenvalue weighted by molar-refractivity contribution is 7.51. The summed E-state index contributed by atoms with van der Waals surface area (Å²) in [6, 6.07) is 9.87. The number of piperazine rings is 1. The van der Waals surface area contributed by atoms with Crippen molar-refractivity contribution in [2.24, 2.45) is 7.05 Å². The third-order valence-corrected chi connectivity index (χ3v) is 8.64. The number of alkyl halides is 3. The second-order valence-electron chi connectivity index (χ2n) is 10.4. The van der Waals surface area contributed by atoms with Crippen LogP contribution in [-0.4, -0.2) is 69.3 Å². The summed E-state index contributed by atoms with van der Waals surface area (Å²) in [5.74, 6) is -0.685. The highest BCUT2D eigenvalue weighted by atomic mass is 31.2. The van der Waals surface area contributed by atoms with Gasteiger partial charge in [0.25, 0.3) is 0 Å². The Hall–Kier alpha value is -3.84. The van der Waals surface area contributed by atoms with Gasteiger partial charge >= 0.3 is 13.8 Å². The van der Waals surface area contributed by atoms with Gasteiger partial charge in [-0.2, -0.15) is 18.2 Å². The van der Waals surface area contributed by atoms with Crippen molar-refractivity contribution in [3.8, 4) is 5.88 Å². The molecule has 0 bridgehead atoms. The molecule has 0 aliphatic carbocycles. The third-order valence-electron chi connectivity index (χ3n) is 7.22. The summed E-state index contributed by atoms with van der Waals surface area (Å²) in [4.78, 5) is 22.3. The normalized spacial score (nSPS) is 15.9. The van der Waals surface area contributed by atoms with E-state index in [0.717, 1.165) is 31.9 Å². The lowest BCUT2D eigenvalue weighted by atomic mass is 10.1. The fraction of sp³-hybridized carbons (Fsp3) is 0.357. The molecule has 43 heavy (non-hydrogen) atoms. The number of halogens is 3. The van der Waals surface area contributed by atoms with Crippen LogP contribution in [0.15, 0.2) is 48.8 Å². The smallest absolute Gasteiger partial charge is 0.421 e. The second-order valence-corrected chi connectivity index (χ2v) is 12.2. The van der Waals surface area contributed by atoms with E-state index >= 15 is 0 Å². The van der Waals surface area contributed by atoms with Gasteiger partial charge in [0.2, 0.25) is 11.8 Å². The summed E-state index contributed by atoms with van der Waals surface area (Å²) in [6.45, 7) is 5.01. The van der Waals surface area contributed by atoms with E-state index in [1.807, 2.05) is 13.1 Å². The molecule has 230 valence electrons. The third kappa shape index (κ3) is 6.88. The zero-order chi connectivity index (χ0) is 30.9. The van der Waals surface area contributed by atoms with Crippen LogP contribution in [0.5, 0.6) is 5.88 Å². The number of fused-ring (bicyclic) bond motifs is 1. The van der Waals surface area contributed by atoms with Crippen LogP contribution in [0.25, 0.3) is 10.8 Å². The number of likely N-dealkylation sites (N-methyl/N-ethyl adjacent to an activating group) is 1. The molecule has 5 rings (SSSR count). The molecular weight excluding hydrogens is 586 g/mol. The van der Waals surface area contributed by atoms with E-state index in [1.54, 1.807) is 50.5 Å². The Morgan fingerprint density at radius 1 is 1.05 bits per heavy atom. The Bertz CT molecular complexity index is 1660. The summed E-state index contributed by atoms with van der Waals surface area (Å²) in [7, 11) is -0.0590. The number of aryl methyl sites for hydroxylation is 1. The number of nitrogens with one attached hydrogen (secondary N) is 2. The first-order chi connectivity index (χ1) is 20.3. The fourth-order valence-electron chi connectivity index (χ4n) is 5.01. The summed E-state index contributed by atoms with van der Waals surface area (Å²) in [6.07, 6.45) is -2.48. The second kappa shape index (κ2) is 12.0. The van der Waals surface area contributed by atoms with E-state index in [1.165, 1.54) is 4.57 Å². The van der Waals surface area contributed by atoms with E-state index in [4.69, 9.17) is 4.52 Å². The molecule has 0 saturated carbocycles. The lowest BCUT2D eigenvalue weighted by Gasteiger charge is -2.34. The van der Waals surface area contributed by atoms with Crippen LogP contribution in [-0.2, 0) is 28.5 Å². The molecule has 1 unspecified atom stereocenters. The van der Waals surface area contributed by atoms with Crippen molar-refractivity contribution in [3.05, 3.63) is 59.9 Å². The molecule has 1 aliphatic heterocycles. The number of hydrogen-bond acceptors (Lipinski definition) is 9. The summed E-state index contributed by atoms with van der Waals surface area (Å²) >= 11 is 0. The van der Waals surface area contributed by atoms with Gasteiger partial charge in [0.15, 0.2) is 0 Å². The Balaban J connectivity index is 1.45. The number of anilines is 5. The van der Waals surface area contributed by atoms with Crippen molar-refractivity contribution in [2.45, 2.75) is 19.3 Å². The minimum Gasteiger partial charge on any atom is -0.494 e. The largest absolute Gasteiger partial charge is 0.494 e. The number of nitrogens with zero attached hydrogens (tertiary/aromatic N) is 5. The molecule has 1 atom stereocenters. The molecular formula is C28H33F3N7O4P. The van der Waals surface area contributed by atoms with Gasteiger partial charge in [0, 0.05) is 62.4 Å². The van der Waals surface area contributed by atoms with Gasteiger partial charge in [-0.1, -0.05) is 12.1 Å². The van der Waals surface area contributed by atoms with Crippen molar-refractivity contribution in [3.63, 3.8) is 0 Å². The monoisotopic (exact) mass is 619 g/mol. The quantitative estimate of drug-likeness (QED) is 0.175. The molecule has 1 saturated heterocycles. The molecule has 3 heterocycles. The molecule has 4 aromatic rings. The van der Waals surface area contributed by atoms with Crippen LogP contribution in [0.2, 0.25) is 0 Å². The maximum Gasteiger partial charge on any atom is 0.421 e. The highest BCUT2D eigenvalue weighted by Gasteiger charge is 2.36. The van der Waals surface area contributed by atoms with Crippen LogP contribution in [0.1, 0.15) is 18.1 Å². The molecule has 0 radical (unpaired) electrons. The van der Waals surface area contributed by atoms with Crippen LogP contribution in [0.3, 0.4) is 0 Å². The first-order valence-corrected chi connectivity index (χ1v) is 15.4. The highest BCUT2D eigenvalue weighted by Crippen LogP contribution is 2.46. The summed E-state index contributed by atoms with van der Waals surface area (Å²) in [5.41, 5.74) is 1.07. The summed E-state index contributed by atoms with van der Waals surface area (Å²) < 4.78 is 60.5. The van der Waals surface area contributed by atoms with Gasteiger partial charge in [0.1, 0.15) is 11.4 Å². The van der Waals surface area contributed by atoms with E-state index in [2.05, 4.69) is 30.4 Å². The van der Waals surface area contributed by atoms with Crippen molar-refractivity contribution >= 4 is 47.2 Å². The van der Waals surface area contributed by atoms with Crippen LogP contribution in [0, 0.1) is 0 Å². The predicted molar refractivity (Wildman–Crippen MR) is 159 cm³/mol. The molecule has 11 nitrogen and oxygen atoms in total. The van der Waals surface area contributed by atoms with E-state index < -0.39 is 25.2 Å². The maximum absolute atomic E-state index is 14.0. The van der Waals surface area contributed by atoms with Gasteiger partial charge in [0.05, 0.1) is 23.8 Å². The van der Waals surface area contributed by atoms with Crippen LogP contribution < -0.4 is 15.5 Å². The molecule has 4 N–H and O–H groups in total. The maximum atomic E-state index is 14.0. The average Bonchev–Trinajstić information content (AvgIpc) is 3.24. The molecule has 1 fully saturated rings. The summed E-state index contributed by atoms with van der Waals surface area (Å²) in [5, 5.41) is 17.7. The van der Waals surface area contributed by atoms with Crippen molar-refractivity contribution in [1.82, 2.24) is 19.4 Å². The molecule has 2 aromatic carbocycles. The molecule has 0 spiro atoms. The fourth-order valence-corrected chi connectivity index (χ4v) is 6.18. The minimum atomic E-state index is -4.75. The van der Waals surface area contributed by atoms with Crippen molar-refractivity contribution in [1.29, 1.82) is 0 Å². The van der Waals surface area contributed by atoms with Crippen LogP contribution in [0.4, 0.5) is 42.0 Å². The SMILES string of the molecule is CCOP(=O)(O)Cc1ccc(Nc2ncc(C(F)(F)F)c(Nc3ccc(N4CCN(C)CC4)c4cn(C)c(O)c34)n2)cc1. The first-order valence-electron chi connectivity index (χ1n) is 13.6. The lowest BCUT2D eigenvalue weighted by molar-refractivity contribution is -0.137. The predicted octanol–water partition coefficient (Wildman–Crippen LogP) is 5.65. The zero-order valence-corrected chi connectivity index (χ0v) is 24.8. The Morgan fingerprint density at radius 3 is 2.40 bits per heavy atom.